The molecule has 0 radical (unpaired) electrons. The van der Waals surface area contributed by atoms with Gasteiger partial charge < -0.3 is 10.6 Å². The summed E-state index contributed by atoms with van der Waals surface area (Å²) in [5.41, 5.74) is 0.0607. The predicted molar refractivity (Wildman–Crippen MR) is 97.0 cm³/mol. The molecule has 6 heteroatoms. The molecule has 0 aliphatic rings. The van der Waals surface area contributed by atoms with Gasteiger partial charge in [-0.1, -0.05) is 29.8 Å². The lowest BCUT2D eigenvalue weighted by molar-refractivity contribution is -0.138. The lowest BCUT2D eigenvalue weighted by Gasteiger charge is -2.22. The summed E-state index contributed by atoms with van der Waals surface area (Å²) in [6, 6.07) is 12.9. The highest BCUT2D eigenvalue weighted by molar-refractivity contribution is 6.30. The molecule has 0 spiro atoms. The standard InChI is InChI=1S/C19H20ClFN2O2/c1-19(2,18(25)23-16-5-3-4-15(21)12-16)17(24)22-11-10-13-6-8-14(20)9-7-13/h3-9,12H,10-11H2,1-2H3,(H,22,24)(H,23,25). The van der Waals surface area contributed by atoms with Crippen LogP contribution in [0.25, 0.3) is 0 Å². The minimum absolute atomic E-state index is 0.312. The average molecular weight is 363 g/mol. The Balaban J connectivity index is 1.89. The summed E-state index contributed by atoms with van der Waals surface area (Å²) in [6.45, 7) is 3.45. The van der Waals surface area contributed by atoms with Crippen molar-refractivity contribution in [2.45, 2.75) is 20.3 Å². The minimum Gasteiger partial charge on any atom is -0.355 e. The van der Waals surface area contributed by atoms with Crippen LogP contribution >= 0.6 is 11.6 Å². The second-order valence-electron chi connectivity index (χ2n) is 6.22. The van der Waals surface area contributed by atoms with Crippen molar-refractivity contribution >= 4 is 29.1 Å². The van der Waals surface area contributed by atoms with Gasteiger partial charge in [0.2, 0.25) is 11.8 Å². The molecule has 0 saturated heterocycles. The van der Waals surface area contributed by atoms with Gasteiger partial charge in [-0.2, -0.15) is 0 Å². The van der Waals surface area contributed by atoms with Gasteiger partial charge in [0.1, 0.15) is 11.2 Å². The molecule has 2 aromatic carbocycles. The van der Waals surface area contributed by atoms with E-state index in [-0.39, 0.29) is 0 Å². The van der Waals surface area contributed by atoms with Gasteiger partial charge in [0.05, 0.1) is 0 Å². The highest BCUT2D eigenvalue weighted by Crippen LogP contribution is 2.19. The summed E-state index contributed by atoms with van der Waals surface area (Å²) < 4.78 is 13.2. The van der Waals surface area contributed by atoms with Crippen molar-refractivity contribution in [1.82, 2.24) is 5.32 Å². The Kier molecular flexibility index (Phi) is 6.15. The molecule has 0 heterocycles. The van der Waals surface area contributed by atoms with Crippen LogP contribution in [0.5, 0.6) is 0 Å². The molecule has 0 unspecified atom stereocenters. The van der Waals surface area contributed by atoms with Crippen molar-refractivity contribution in [2.24, 2.45) is 5.41 Å². The van der Waals surface area contributed by atoms with E-state index in [9.17, 15) is 14.0 Å². The van der Waals surface area contributed by atoms with Gasteiger partial charge in [0.25, 0.3) is 0 Å². The molecule has 0 saturated carbocycles. The van der Waals surface area contributed by atoms with Crippen LogP contribution in [-0.4, -0.2) is 18.4 Å². The van der Waals surface area contributed by atoms with E-state index < -0.39 is 23.0 Å². The summed E-state index contributed by atoms with van der Waals surface area (Å²) in [5, 5.41) is 5.98. The summed E-state index contributed by atoms with van der Waals surface area (Å²) >= 11 is 5.83. The van der Waals surface area contributed by atoms with Crippen LogP contribution in [0.2, 0.25) is 5.02 Å². The van der Waals surface area contributed by atoms with Crippen molar-refractivity contribution in [1.29, 1.82) is 0 Å². The minimum atomic E-state index is -1.29. The quantitative estimate of drug-likeness (QED) is 0.768. The normalized spacial score (nSPS) is 11.0. The molecular formula is C19H20ClFN2O2. The summed E-state index contributed by atoms with van der Waals surface area (Å²) in [7, 11) is 0. The highest BCUT2D eigenvalue weighted by atomic mass is 35.5. The molecule has 2 amide bonds. The molecule has 0 fully saturated rings. The molecule has 0 aliphatic heterocycles. The Hall–Kier alpha value is -2.40. The smallest absolute Gasteiger partial charge is 0.239 e. The van der Waals surface area contributed by atoms with Gasteiger partial charge in [-0.05, 0) is 56.2 Å². The zero-order chi connectivity index (χ0) is 18.4. The first-order valence-electron chi connectivity index (χ1n) is 7.89. The third-order valence-corrected chi connectivity index (χ3v) is 4.08. The average Bonchev–Trinajstić information content (AvgIpc) is 2.56. The number of amides is 2. The fraction of sp³-hybridized carbons (Fsp3) is 0.263. The van der Waals surface area contributed by atoms with E-state index in [4.69, 9.17) is 11.6 Å². The summed E-state index contributed by atoms with van der Waals surface area (Å²) in [4.78, 5) is 24.7. The topological polar surface area (TPSA) is 58.2 Å². The maximum atomic E-state index is 13.2. The van der Waals surface area contributed by atoms with E-state index >= 15 is 0 Å². The van der Waals surface area contributed by atoms with Gasteiger partial charge in [0, 0.05) is 17.3 Å². The first-order chi connectivity index (χ1) is 11.8. The Labute approximate surface area is 151 Å². The van der Waals surface area contributed by atoms with Crippen molar-refractivity contribution in [3.63, 3.8) is 0 Å². The van der Waals surface area contributed by atoms with Crippen LogP contribution in [0.15, 0.2) is 48.5 Å². The number of carbonyl (C=O) groups is 2. The van der Waals surface area contributed by atoms with Crippen LogP contribution in [0.4, 0.5) is 10.1 Å². The van der Waals surface area contributed by atoms with Crippen LogP contribution < -0.4 is 10.6 Å². The maximum absolute atomic E-state index is 13.2. The van der Waals surface area contributed by atoms with Crippen LogP contribution in [0.1, 0.15) is 19.4 Å². The summed E-state index contributed by atoms with van der Waals surface area (Å²) in [5.74, 6) is -1.35. The number of nitrogens with one attached hydrogen (secondary N) is 2. The second kappa shape index (κ2) is 8.12. The lowest BCUT2D eigenvalue weighted by atomic mass is 9.91. The Bertz CT molecular complexity index is 760. The fourth-order valence-corrected chi connectivity index (χ4v) is 2.28. The molecule has 0 atom stereocenters. The molecule has 2 N–H and O–H groups in total. The molecular weight excluding hydrogens is 343 g/mol. The van der Waals surface area contributed by atoms with E-state index in [1.807, 2.05) is 12.1 Å². The van der Waals surface area contributed by atoms with Crippen molar-refractivity contribution < 1.29 is 14.0 Å². The van der Waals surface area contributed by atoms with Crippen molar-refractivity contribution in [2.75, 3.05) is 11.9 Å². The van der Waals surface area contributed by atoms with Gasteiger partial charge >= 0.3 is 0 Å². The van der Waals surface area contributed by atoms with Crippen LogP contribution in [0.3, 0.4) is 0 Å². The van der Waals surface area contributed by atoms with Crippen LogP contribution in [-0.2, 0) is 16.0 Å². The molecule has 0 bridgehead atoms. The maximum Gasteiger partial charge on any atom is 0.239 e. The van der Waals surface area contributed by atoms with E-state index in [2.05, 4.69) is 10.6 Å². The monoisotopic (exact) mass is 362 g/mol. The zero-order valence-electron chi connectivity index (χ0n) is 14.1. The van der Waals surface area contributed by atoms with Gasteiger partial charge in [-0.15, -0.1) is 0 Å². The highest BCUT2D eigenvalue weighted by Gasteiger charge is 2.35. The largest absolute Gasteiger partial charge is 0.355 e. The number of carbonyl (C=O) groups excluding carboxylic acids is 2. The van der Waals surface area contributed by atoms with Gasteiger partial charge in [-0.25, -0.2) is 4.39 Å². The molecule has 25 heavy (non-hydrogen) atoms. The van der Waals surface area contributed by atoms with E-state index in [1.165, 1.54) is 32.0 Å². The Morgan fingerprint density at radius 1 is 1.08 bits per heavy atom. The van der Waals surface area contributed by atoms with Crippen molar-refractivity contribution in [3.05, 3.63) is 64.9 Å². The van der Waals surface area contributed by atoms with Gasteiger partial charge in [0.15, 0.2) is 0 Å². The molecule has 0 aromatic heterocycles. The Morgan fingerprint density at radius 3 is 2.40 bits per heavy atom. The number of hydrogen-bond acceptors (Lipinski definition) is 2. The molecule has 132 valence electrons. The fourth-order valence-electron chi connectivity index (χ4n) is 2.15. The first kappa shape index (κ1) is 18.9. The zero-order valence-corrected chi connectivity index (χ0v) is 14.9. The van der Waals surface area contributed by atoms with Gasteiger partial charge in [-0.3, -0.25) is 9.59 Å². The summed E-state index contributed by atoms with van der Waals surface area (Å²) in [6.07, 6.45) is 0.629. The number of halogens is 2. The SMILES string of the molecule is CC(C)(C(=O)NCCc1ccc(Cl)cc1)C(=O)Nc1cccc(F)c1. The third kappa shape index (κ3) is 5.29. The second-order valence-corrected chi connectivity index (χ2v) is 6.66. The number of rotatable bonds is 6. The third-order valence-electron chi connectivity index (χ3n) is 3.83. The van der Waals surface area contributed by atoms with Crippen LogP contribution in [0, 0.1) is 11.2 Å². The molecule has 4 nitrogen and oxygen atoms in total. The predicted octanol–water partition coefficient (Wildman–Crippen LogP) is 3.80. The van der Waals surface area contributed by atoms with Crippen molar-refractivity contribution in [3.8, 4) is 0 Å². The molecule has 2 rings (SSSR count). The molecule has 0 aliphatic carbocycles. The van der Waals surface area contributed by atoms with E-state index in [0.717, 1.165) is 5.56 Å². The molecule has 2 aromatic rings. The number of benzene rings is 2. The lowest BCUT2D eigenvalue weighted by Crippen LogP contribution is -2.45. The van der Waals surface area contributed by atoms with E-state index in [0.29, 0.717) is 23.7 Å². The Morgan fingerprint density at radius 2 is 1.76 bits per heavy atom. The first-order valence-corrected chi connectivity index (χ1v) is 8.26. The number of anilines is 1. The number of hydrogen-bond donors (Lipinski definition) is 2. The van der Waals surface area contributed by atoms with E-state index in [1.54, 1.807) is 18.2 Å².